The third kappa shape index (κ3) is 2.86. The first-order valence-electron chi connectivity index (χ1n) is 6.75. The van der Waals surface area contributed by atoms with Gasteiger partial charge in [-0.05, 0) is 25.0 Å². The van der Waals surface area contributed by atoms with Gasteiger partial charge in [-0.2, -0.15) is 0 Å². The van der Waals surface area contributed by atoms with Crippen molar-refractivity contribution in [3.05, 3.63) is 21.4 Å². The number of carboxylic acid groups (broad SMARTS) is 1. The zero-order valence-electron chi connectivity index (χ0n) is 11.6. The highest BCUT2D eigenvalue weighted by molar-refractivity contribution is 7.14. The zero-order chi connectivity index (χ0) is 14.9. The maximum absolute atomic E-state index is 12.4. The van der Waals surface area contributed by atoms with Crippen LogP contribution in [0, 0.1) is 6.92 Å². The summed E-state index contributed by atoms with van der Waals surface area (Å²) in [6, 6.07) is 0.935. The lowest BCUT2D eigenvalue weighted by Gasteiger charge is -2.20. The summed E-state index contributed by atoms with van der Waals surface area (Å²) in [4.78, 5) is 26.5. The van der Waals surface area contributed by atoms with Crippen molar-refractivity contribution in [2.24, 2.45) is 0 Å². The summed E-state index contributed by atoms with van der Waals surface area (Å²) in [6.45, 7) is 4.14. The SMILES string of the molecule is CCCc1cc(C(=O)N2C[C@@H](O)C[C@H]2C(=O)O)sc1C. The number of rotatable bonds is 4. The summed E-state index contributed by atoms with van der Waals surface area (Å²) in [5.74, 6) is -1.35. The lowest BCUT2D eigenvalue weighted by molar-refractivity contribution is -0.141. The lowest BCUT2D eigenvalue weighted by atomic mass is 10.1. The minimum Gasteiger partial charge on any atom is -0.480 e. The maximum Gasteiger partial charge on any atom is 0.326 e. The van der Waals surface area contributed by atoms with E-state index in [1.807, 2.05) is 13.0 Å². The van der Waals surface area contributed by atoms with Gasteiger partial charge in [-0.15, -0.1) is 11.3 Å². The van der Waals surface area contributed by atoms with Crippen LogP contribution < -0.4 is 0 Å². The Hall–Kier alpha value is -1.40. The van der Waals surface area contributed by atoms with Crippen LogP contribution in [0.4, 0.5) is 0 Å². The van der Waals surface area contributed by atoms with Crippen LogP contribution in [0.3, 0.4) is 0 Å². The molecule has 110 valence electrons. The van der Waals surface area contributed by atoms with Crippen molar-refractivity contribution in [1.82, 2.24) is 4.90 Å². The number of aryl methyl sites for hydroxylation is 2. The number of hydrogen-bond donors (Lipinski definition) is 2. The average molecular weight is 297 g/mol. The van der Waals surface area contributed by atoms with Crippen LogP contribution in [0.5, 0.6) is 0 Å². The molecule has 1 aliphatic heterocycles. The van der Waals surface area contributed by atoms with Gasteiger partial charge in [0.2, 0.25) is 0 Å². The van der Waals surface area contributed by atoms with Crippen LogP contribution >= 0.6 is 11.3 Å². The molecule has 20 heavy (non-hydrogen) atoms. The summed E-state index contributed by atoms with van der Waals surface area (Å²) >= 11 is 1.40. The van der Waals surface area contributed by atoms with Gasteiger partial charge in [-0.3, -0.25) is 4.79 Å². The predicted octanol–water partition coefficient (Wildman–Crippen LogP) is 1.67. The monoisotopic (exact) mass is 297 g/mol. The van der Waals surface area contributed by atoms with E-state index in [4.69, 9.17) is 5.11 Å². The molecule has 0 bridgehead atoms. The van der Waals surface area contributed by atoms with Crippen molar-refractivity contribution in [1.29, 1.82) is 0 Å². The van der Waals surface area contributed by atoms with Gasteiger partial charge in [0, 0.05) is 17.8 Å². The summed E-state index contributed by atoms with van der Waals surface area (Å²) in [7, 11) is 0. The first kappa shape index (κ1) is 15.0. The highest BCUT2D eigenvalue weighted by Crippen LogP contribution is 2.27. The standard InChI is InChI=1S/C14H19NO4S/c1-3-4-9-5-12(20-8(9)2)13(17)15-7-10(16)6-11(15)14(18)19/h5,10-11,16H,3-4,6-7H2,1-2H3,(H,18,19)/t10-,11-/m0/s1. The van der Waals surface area contributed by atoms with Gasteiger partial charge in [0.25, 0.3) is 5.91 Å². The molecular weight excluding hydrogens is 278 g/mol. The number of thiophene rings is 1. The number of β-amino-alcohol motifs (C(OH)–C–C–N with tert-alkyl or cyclic N) is 1. The molecule has 5 nitrogen and oxygen atoms in total. The van der Waals surface area contributed by atoms with Gasteiger partial charge in [0.15, 0.2) is 0 Å². The molecule has 1 aliphatic rings. The van der Waals surface area contributed by atoms with Crippen LogP contribution in [0.2, 0.25) is 0 Å². The van der Waals surface area contributed by atoms with Crippen LogP contribution in [-0.2, 0) is 11.2 Å². The van der Waals surface area contributed by atoms with Crippen molar-refractivity contribution in [3.8, 4) is 0 Å². The number of amides is 1. The van der Waals surface area contributed by atoms with Crippen molar-refractivity contribution in [2.75, 3.05) is 6.54 Å². The van der Waals surface area contributed by atoms with E-state index in [-0.39, 0.29) is 18.9 Å². The Bertz CT molecular complexity index is 525. The third-order valence-corrected chi connectivity index (χ3v) is 4.66. The first-order chi connectivity index (χ1) is 9.43. The number of carbonyl (C=O) groups excluding carboxylic acids is 1. The molecule has 1 aromatic rings. The Kier molecular flexibility index (Phi) is 4.45. The summed E-state index contributed by atoms with van der Waals surface area (Å²) in [5.41, 5.74) is 1.15. The molecule has 0 aromatic carbocycles. The second kappa shape index (κ2) is 5.93. The normalized spacial score (nSPS) is 22.2. The number of hydrogen-bond acceptors (Lipinski definition) is 4. The largest absolute Gasteiger partial charge is 0.480 e. The molecule has 6 heteroatoms. The molecule has 1 saturated heterocycles. The molecular formula is C14H19NO4S. The molecule has 2 rings (SSSR count). The first-order valence-corrected chi connectivity index (χ1v) is 7.56. The molecule has 1 fully saturated rings. The fraction of sp³-hybridized carbons (Fsp3) is 0.571. The second-order valence-corrected chi connectivity index (χ2v) is 6.40. The smallest absolute Gasteiger partial charge is 0.326 e. The number of aliphatic hydroxyl groups excluding tert-OH is 1. The predicted molar refractivity (Wildman–Crippen MR) is 76.1 cm³/mol. The molecule has 0 spiro atoms. The van der Waals surface area contributed by atoms with Crippen molar-refractivity contribution >= 4 is 23.2 Å². The molecule has 0 saturated carbocycles. The minimum atomic E-state index is -1.06. The lowest BCUT2D eigenvalue weighted by Crippen LogP contribution is -2.40. The van der Waals surface area contributed by atoms with Crippen molar-refractivity contribution in [3.63, 3.8) is 0 Å². The third-order valence-electron chi connectivity index (χ3n) is 3.58. The van der Waals surface area contributed by atoms with Crippen LogP contribution in [0.25, 0.3) is 0 Å². The van der Waals surface area contributed by atoms with E-state index in [2.05, 4.69) is 6.92 Å². The highest BCUT2D eigenvalue weighted by Gasteiger charge is 2.39. The number of nitrogens with zero attached hydrogens (tertiary/aromatic N) is 1. The summed E-state index contributed by atoms with van der Waals surface area (Å²) < 4.78 is 0. The summed E-state index contributed by atoms with van der Waals surface area (Å²) in [6.07, 6.45) is 1.27. The number of aliphatic hydroxyl groups is 1. The van der Waals surface area contributed by atoms with Crippen LogP contribution in [0.1, 0.15) is 39.9 Å². The van der Waals surface area contributed by atoms with Gasteiger partial charge in [-0.1, -0.05) is 13.3 Å². The Morgan fingerprint density at radius 1 is 1.50 bits per heavy atom. The Labute approximate surface area is 121 Å². The summed E-state index contributed by atoms with van der Waals surface area (Å²) in [5, 5.41) is 18.7. The molecule has 1 amide bonds. The molecule has 2 heterocycles. The van der Waals surface area contributed by atoms with E-state index in [0.717, 1.165) is 23.3 Å². The van der Waals surface area contributed by atoms with E-state index in [9.17, 15) is 14.7 Å². The number of carbonyl (C=O) groups is 2. The van der Waals surface area contributed by atoms with Gasteiger partial charge in [0.1, 0.15) is 6.04 Å². The van der Waals surface area contributed by atoms with Gasteiger partial charge in [0.05, 0.1) is 11.0 Å². The molecule has 0 aliphatic carbocycles. The number of carboxylic acids is 1. The van der Waals surface area contributed by atoms with Crippen molar-refractivity contribution in [2.45, 2.75) is 45.3 Å². The van der Waals surface area contributed by atoms with Crippen molar-refractivity contribution < 1.29 is 19.8 Å². The van der Waals surface area contributed by atoms with Crippen LogP contribution in [0.15, 0.2) is 6.07 Å². The molecule has 2 N–H and O–H groups in total. The second-order valence-electron chi connectivity index (χ2n) is 5.14. The average Bonchev–Trinajstić information content (AvgIpc) is 2.93. The van der Waals surface area contributed by atoms with E-state index in [1.54, 1.807) is 0 Å². The topological polar surface area (TPSA) is 77.8 Å². The minimum absolute atomic E-state index is 0.0931. The van der Waals surface area contributed by atoms with E-state index < -0.39 is 18.1 Å². The van der Waals surface area contributed by atoms with E-state index >= 15 is 0 Å². The molecule has 2 atom stereocenters. The number of aliphatic carboxylic acids is 1. The quantitative estimate of drug-likeness (QED) is 0.886. The molecule has 0 unspecified atom stereocenters. The van der Waals surface area contributed by atoms with Gasteiger partial charge < -0.3 is 15.1 Å². The fourth-order valence-corrected chi connectivity index (χ4v) is 3.58. The van der Waals surface area contributed by atoms with Crippen LogP contribution in [-0.4, -0.2) is 45.7 Å². The maximum atomic E-state index is 12.4. The van der Waals surface area contributed by atoms with E-state index in [0.29, 0.717) is 4.88 Å². The Balaban J connectivity index is 2.22. The number of likely N-dealkylation sites (tertiary alicyclic amines) is 1. The van der Waals surface area contributed by atoms with Gasteiger partial charge >= 0.3 is 5.97 Å². The van der Waals surface area contributed by atoms with Gasteiger partial charge in [-0.25, -0.2) is 4.79 Å². The highest BCUT2D eigenvalue weighted by atomic mass is 32.1. The fourth-order valence-electron chi connectivity index (χ4n) is 2.56. The molecule has 0 radical (unpaired) electrons. The molecule has 1 aromatic heterocycles. The van der Waals surface area contributed by atoms with E-state index in [1.165, 1.54) is 16.2 Å². The Morgan fingerprint density at radius 3 is 2.80 bits per heavy atom. The Morgan fingerprint density at radius 2 is 2.20 bits per heavy atom. The zero-order valence-corrected chi connectivity index (χ0v) is 12.4.